The van der Waals surface area contributed by atoms with E-state index < -0.39 is 0 Å². The Bertz CT molecular complexity index is 318. The van der Waals surface area contributed by atoms with Crippen LogP contribution in [0.2, 0.25) is 0 Å². The highest BCUT2D eigenvalue weighted by Gasteiger charge is 2.28. The lowest BCUT2D eigenvalue weighted by Gasteiger charge is -2.17. The van der Waals surface area contributed by atoms with E-state index >= 15 is 0 Å². The second-order valence-corrected chi connectivity index (χ2v) is 4.93. The Balaban J connectivity index is 2.16. The molecule has 4 nitrogen and oxygen atoms in total. The van der Waals surface area contributed by atoms with Gasteiger partial charge in [-0.05, 0) is 24.8 Å². The van der Waals surface area contributed by atoms with E-state index in [9.17, 15) is 0 Å². The molecule has 0 radical (unpaired) electrons. The van der Waals surface area contributed by atoms with Crippen LogP contribution in [0.4, 0.5) is 0 Å². The van der Waals surface area contributed by atoms with E-state index in [0.29, 0.717) is 17.9 Å². The standard InChI is InChI=1S/C11H20N4/c1-8(2)6-15-7-13-14-11(15)10-9(3)4-5-12-10/h7-10,12H,4-6H2,1-3H3. The summed E-state index contributed by atoms with van der Waals surface area (Å²) in [5, 5.41) is 11.8. The first-order chi connectivity index (χ1) is 7.18. The van der Waals surface area contributed by atoms with E-state index in [1.54, 1.807) is 0 Å². The zero-order chi connectivity index (χ0) is 10.8. The second kappa shape index (κ2) is 4.31. The second-order valence-electron chi connectivity index (χ2n) is 4.93. The van der Waals surface area contributed by atoms with Gasteiger partial charge in [-0.2, -0.15) is 0 Å². The molecule has 1 saturated heterocycles. The van der Waals surface area contributed by atoms with Gasteiger partial charge < -0.3 is 9.88 Å². The molecule has 1 aliphatic rings. The van der Waals surface area contributed by atoms with E-state index in [-0.39, 0.29) is 0 Å². The summed E-state index contributed by atoms with van der Waals surface area (Å²) in [7, 11) is 0. The lowest BCUT2D eigenvalue weighted by atomic mass is 10.0. The smallest absolute Gasteiger partial charge is 0.150 e. The molecule has 1 aromatic rings. The number of hydrogen-bond acceptors (Lipinski definition) is 3. The fourth-order valence-corrected chi connectivity index (χ4v) is 2.22. The van der Waals surface area contributed by atoms with E-state index in [1.165, 1.54) is 6.42 Å². The van der Waals surface area contributed by atoms with Gasteiger partial charge in [0.05, 0.1) is 6.04 Å². The summed E-state index contributed by atoms with van der Waals surface area (Å²) in [6.45, 7) is 8.82. The van der Waals surface area contributed by atoms with Gasteiger partial charge in [-0.15, -0.1) is 10.2 Å². The number of nitrogens with one attached hydrogen (secondary N) is 1. The van der Waals surface area contributed by atoms with Gasteiger partial charge >= 0.3 is 0 Å². The maximum atomic E-state index is 4.25. The summed E-state index contributed by atoms with van der Waals surface area (Å²) in [5.74, 6) is 2.41. The minimum atomic E-state index is 0.395. The Morgan fingerprint density at radius 3 is 3.00 bits per heavy atom. The SMILES string of the molecule is CC(C)Cn1cnnc1C1NCCC1C. The van der Waals surface area contributed by atoms with Crippen LogP contribution in [0.15, 0.2) is 6.33 Å². The van der Waals surface area contributed by atoms with Crippen LogP contribution < -0.4 is 5.32 Å². The van der Waals surface area contributed by atoms with Gasteiger partial charge in [-0.3, -0.25) is 0 Å². The monoisotopic (exact) mass is 208 g/mol. The van der Waals surface area contributed by atoms with E-state index in [4.69, 9.17) is 0 Å². The molecular formula is C11H20N4. The van der Waals surface area contributed by atoms with Crippen LogP contribution in [0.25, 0.3) is 0 Å². The molecular weight excluding hydrogens is 188 g/mol. The summed E-state index contributed by atoms with van der Waals surface area (Å²) < 4.78 is 2.18. The number of rotatable bonds is 3. The van der Waals surface area contributed by atoms with Gasteiger partial charge in [0.15, 0.2) is 0 Å². The normalized spacial score (nSPS) is 26.4. The van der Waals surface area contributed by atoms with Gasteiger partial charge in [0.1, 0.15) is 12.2 Å². The fraction of sp³-hybridized carbons (Fsp3) is 0.818. The van der Waals surface area contributed by atoms with Crippen molar-refractivity contribution in [1.29, 1.82) is 0 Å². The van der Waals surface area contributed by atoms with Crippen LogP contribution in [-0.2, 0) is 6.54 Å². The first kappa shape index (κ1) is 10.6. The minimum absolute atomic E-state index is 0.395. The summed E-state index contributed by atoms with van der Waals surface area (Å²) in [5.41, 5.74) is 0. The molecule has 15 heavy (non-hydrogen) atoms. The molecule has 2 rings (SSSR count). The van der Waals surface area contributed by atoms with Gasteiger partial charge in [0.25, 0.3) is 0 Å². The van der Waals surface area contributed by atoms with Crippen molar-refractivity contribution in [2.24, 2.45) is 11.8 Å². The lowest BCUT2D eigenvalue weighted by molar-refractivity contribution is 0.430. The summed E-state index contributed by atoms with van der Waals surface area (Å²) >= 11 is 0. The highest BCUT2D eigenvalue weighted by molar-refractivity contribution is 5.00. The molecule has 0 aromatic carbocycles. The maximum absolute atomic E-state index is 4.25. The highest BCUT2D eigenvalue weighted by atomic mass is 15.3. The van der Waals surface area contributed by atoms with Crippen molar-refractivity contribution in [3.8, 4) is 0 Å². The molecule has 0 bridgehead atoms. The molecule has 2 heterocycles. The predicted molar refractivity (Wildman–Crippen MR) is 59.4 cm³/mol. The molecule has 0 saturated carbocycles. The van der Waals surface area contributed by atoms with Gasteiger partial charge in [-0.25, -0.2) is 0 Å². The molecule has 2 atom stereocenters. The predicted octanol–water partition coefficient (Wildman–Crippen LogP) is 1.60. The third-order valence-electron chi connectivity index (χ3n) is 3.02. The zero-order valence-electron chi connectivity index (χ0n) is 9.77. The Kier molecular flexibility index (Phi) is 3.05. The molecule has 0 spiro atoms. The number of aromatic nitrogens is 3. The molecule has 2 unspecified atom stereocenters. The fourth-order valence-electron chi connectivity index (χ4n) is 2.22. The molecule has 1 fully saturated rings. The number of hydrogen-bond donors (Lipinski definition) is 1. The summed E-state index contributed by atoms with van der Waals surface area (Å²) in [4.78, 5) is 0. The lowest BCUT2D eigenvalue weighted by Crippen LogP contribution is -2.22. The molecule has 1 aromatic heterocycles. The van der Waals surface area contributed by atoms with Gasteiger partial charge in [-0.1, -0.05) is 20.8 Å². The zero-order valence-corrected chi connectivity index (χ0v) is 9.77. The van der Waals surface area contributed by atoms with Crippen molar-refractivity contribution in [2.45, 2.75) is 39.8 Å². The molecule has 0 aliphatic carbocycles. The Morgan fingerprint density at radius 2 is 2.40 bits per heavy atom. The first-order valence-electron chi connectivity index (χ1n) is 5.79. The van der Waals surface area contributed by atoms with Crippen molar-refractivity contribution < 1.29 is 0 Å². The number of nitrogens with zero attached hydrogens (tertiary/aromatic N) is 3. The van der Waals surface area contributed by atoms with Crippen molar-refractivity contribution in [1.82, 2.24) is 20.1 Å². The molecule has 0 amide bonds. The largest absolute Gasteiger partial charge is 0.316 e. The van der Waals surface area contributed by atoms with Crippen molar-refractivity contribution in [3.05, 3.63) is 12.2 Å². The molecule has 4 heteroatoms. The maximum Gasteiger partial charge on any atom is 0.150 e. The van der Waals surface area contributed by atoms with Crippen LogP contribution in [0.3, 0.4) is 0 Å². The van der Waals surface area contributed by atoms with Crippen LogP contribution in [0, 0.1) is 11.8 Å². The molecule has 1 N–H and O–H groups in total. The topological polar surface area (TPSA) is 42.7 Å². The van der Waals surface area contributed by atoms with Crippen molar-refractivity contribution >= 4 is 0 Å². The van der Waals surface area contributed by atoms with E-state index in [1.807, 2.05) is 6.33 Å². The highest BCUT2D eigenvalue weighted by Crippen LogP contribution is 2.27. The van der Waals surface area contributed by atoms with Gasteiger partial charge in [0, 0.05) is 6.54 Å². The van der Waals surface area contributed by atoms with Crippen LogP contribution in [0.5, 0.6) is 0 Å². The Labute approximate surface area is 91.1 Å². The van der Waals surface area contributed by atoms with Crippen LogP contribution in [0.1, 0.15) is 39.1 Å². The van der Waals surface area contributed by atoms with Crippen LogP contribution in [-0.4, -0.2) is 21.3 Å². The average molecular weight is 208 g/mol. The summed E-state index contributed by atoms with van der Waals surface area (Å²) in [6, 6.07) is 0.395. The van der Waals surface area contributed by atoms with Crippen LogP contribution >= 0.6 is 0 Å². The van der Waals surface area contributed by atoms with Gasteiger partial charge in [0.2, 0.25) is 0 Å². The van der Waals surface area contributed by atoms with E-state index in [2.05, 4.69) is 40.9 Å². The first-order valence-corrected chi connectivity index (χ1v) is 5.79. The summed E-state index contributed by atoms with van der Waals surface area (Å²) in [6.07, 6.45) is 3.08. The molecule has 1 aliphatic heterocycles. The molecule has 84 valence electrons. The van der Waals surface area contributed by atoms with E-state index in [0.717, 1.165) is 18.9 Å². The third-order valence-corrected chi connectivity index (χ3v) is 3.02. The average Bonchev–Trinajstić information content (AvgIpc) is 2.73. The van der Waals surface area contributed by atoms with Crippen molar-refractivity contribution in [3.63, 3.8) is 0 Å². The Morgan fingerprint density at radius 1 is 1.60 bits per heavy atom. The minimum Gasteiger partial charge on any atom is -0.316 e. The Hall–Kier alpha value is -0.900. The quantitative estimate of drug-likeness (QED) is 0.820. The third kappa shape index (κ3) is 2.20. The van der Waals surface area contributed by atoms with Crippen molar-refractivity contribution in [2.75, 3.05) is 6.54 Å².